The average molecular weight is 282 g/mol. The Balaban J connectivity index is 2.45. The monoisotopic (exact) mass is 282 g/mol. The predicted molar refractivity (Wildman–Crippen MR) is 75.9 cm³/mol. The highest BCUT2D eigenvalue weighted by Crippen LogP contribution is 2.42. The quantitative estimate of drug-likeness (QED) is 0.810. The Hall–Kier alpha value is -1.30. The summed E-state index contributed by atoms with van der Waals surface area (Å²) in [6.45, 7) is 1.95. The van der Waals surface area contributed by atoms with E-state index in [-0.39, 0.29) is 12.1 Å². The molecule has 0 spiro atoms. The highest BCUT2D eigenvalue weighted by atomic mass is 16.5. The Bertz CT molecular complexity index is 489. The van der Waals surface area contributed by atoms with Gasteiger partial charge in [-0.2, -0.15) is 0 Å². The van der Waals surface area contributed by atoms with E-state index in [1.807, 2.05) is 39.2 Å². The summed E-state index contributed by atoms with van der Waals surface area (Å²) in [6, 6.07) is 5.39. The van der Waals surface area contributed by atoms with Crippen LogP contribution in [0.4, 0.5) is 0 Å². The number of methoxy groups -OCH3 is 2. The fraction of sp³-hybridized carbons (Fsp3) is 0.600. The van der Waals surface area contributed by atoms with Crippen molar-refractivity contribution in [1.29, 1.82) is 0 Å². The van der Waals surface area contributed by atoms with E-state index in [2.05, 4.69) is 0 Å². The summed E-state index contributed by atoms with van der Waals surface area (Å²) in [5.41, 5.74) is 0.934. The van der Waals surface area contributed by atoms with Crippen LogP contribution in [0.5, 0.6) is 11.5 Å². The van der Waals surface area contributed by atoms with Crippen LogP contribution in [0.3, 0.4) is 0 Å². The molecule has 5 heteroatoms. The number of likely N-dealkylation sites (N-methyl/N-ethyl adjacent to an activating group) is 1. The minimum atomic E-state index is -0.793. The summed E-state index contributed by atoms with van der Waals surface area (Å²) >= 11 is 0. The lowest BCUT2D eigenvalue weighted by molar-refractivity contribution is -0.931. The van der Waals surface area contributed by atoms with Crippen molar-refractivity contribution >= 4 is 0 Å². The fourth-order valence-electron chi connectivity index (χ4n) is 3.13. The first-order valence-corrected chi connectivity index (χ1v) is 6.76. The minimum Gasteiger partial charge on any atom is -0.493 e. The molecule has 0 aromatic heterocycles. The van der Waals surface area contributed by atoms with Crippen molar-refractivity contribution < 1.29 is 24.2 Å². The maximum absolute atomic E-state index is 10.4. The molecule has 1 aliphatic rings. The Morgan fingerprint density at radius 1 is 1.00 bits per heavy atom. The first-order chi connectivity index (χ1) is 9.34. The van der Waals surface area contributed by atoms with Gasteiger partial charge in [0.15, 0.2) is 11.5 Å². The van der Waals surface area contributed by atoms with E-state index >= 15 is 0 Å². The molecule has 1 aromatic carbocycles. The van der Waals surface area contributed by atoms with Crippen LogP contribution < -0.4 is 9.47 Å². The van der Waals surface area contributed by atoms with E-state index in [1.54, 1.807) is 14.2 Å². The standard InChI is InChI=1S/C15H24NO4/c1-9-14(17)15(18)13(16(9,2)3)10-6-7-11(19-4)12(8-10)20-5/h6-9,13-15,17-18H,1-5H3/q+1/t9-,13-,14+,15+/m0/s1. The van der Waals surface area contributed by atoms with Crippen LogP contribution in [0.1, 0.15) is 18.5 Å². The molecule has 0 bridgehead atoms. The van der Waals surface area contributed by atoms with E-state index in [9.17, 15) is 10.2 Å². The van der Waals surface area contributed by atoms with E-state index in [0.29, 0.717) is 16.0 Å². The molecule has 2 N–H and O–H groups in total. The van der Waals surface area contributed by atoms with Crippen LogP contribution in [0.2, 0.25) is 0 Å². The topological polar surface area (TPSA) is 58.9 Å². The molecule has 112 valence electrons. The smallest absolute Gasteiger partial charge is 0.161 e. The Morgan fingerprint density at radius 2 is 1.60 bits per heavy atom. The number of hydrogen-bond donors (Lipinski definition) is 2. The zero-order chi connectivity index (χ0) is 15.1. The summed E-state index contributed by atoms with van der Waals surface area (Å²) in [5, 5.41) is 20.5. The molecule has 1 heterocycles. The molecule has 0 amide bonds. The van der Waals surface area contributed by atoms with E-state index in [0.717, 1.165) is 5.56 Å². The molecule has 1 saturated heterocycles. The van der Waals surface area contributed by atoms with Gasteiger partial charge < -0.3 is 24.2 Å². The van der Waals surface area contributed by atoms with E-state index in [1.165, 1.54) is 0 Å². The zero-order valence-corrected chi connectivity index (χ0v) is 12.7. The molecule has 5 nitrogen and oxygen atoms in total. The molecule has 4 atom stereocenters. The van der Waals surface area contributed by atoms with E-state index in [4.69, 9.17) is 9.47 Å². The molecule has 0 aliphatic carbocycles. The van der Waals surface area contributed by atoms with Gasteiger partial charge in [-0.05, 0) is 25.1 Å². The number of benzene rings is 1. The van der Waals surface area contributed by atoms with Crippen molar-refractivity contribution in [3.8, 4) is 11.5 Å². The number of ether oxygens (including phenoxy) is 2. The van der Waals surface area contributed by atoms with Gasteiger partial charge in [0.25, 0.3) is 0 Å². The highest BCUT2D eigenvalue weighted by molar-refractivity contribution is 5.44. The number of aliphatic hydroxyl groups excluding tert-OH is 2. The van der Waals surface area contributed by atoms with Gasteiger partial charge in [-0.15, -0.1) is 0 Å². The third kappa shape index (κ3) is 2.16. The lowest BCUT2D eigenvalue weighted by atomic mass is 10.00. The van der Waals surface area contributed by atoms with Crippen LogP contribution in [0.15, 0.2) is 18.2 Å². The number of hydrogen-bond acceptors (Lipinski definition) is 4. The van der Waals surface area contributed by atoms with Crippen LogP contribution in [-0.2, 0) is 0 Å². The second kappa shape index (κ2) is 5.24. The molecule has 20 heavy (non-hydrogen) atoms. The van der Waals surface area contributed by atoms with Gasteiger partial charge in [-0.3, -0.25) is 0 Å². The summed E-state index contributed by atoms with van der Waals surface area (Å²) in [6.07, 6.45) is -1.53. The third-order valence-corrected chi connectivity index (χ3v) is 4.68. The van der Waals surface area contributed by atoms with Gasteiger partial charge in [0, 0.05) is 5.56 Å². The van der Waals surface area contributed by atoms with Gasteiger partial charge in [0.1, 0.15) is 24.3 Å². The van der Waals surface area contributed by atoms with Crippen LogP contribution in [0, 0.1) is 0 Å². The van der Waals surface area contributed by atoms with Gasteiger partial charge >= 0.3 is 0 Å². The number of nitrogens with zero attached hydrogens (tertiary/aromatic N) is 1. The predicted octanol–water partition coefficient (Wildman–Crippen LogP) is 0.945. The van der Waals surface area contributed by atoms with Gasteiger partial charge in [-0.25, -0.2) is 0 Å². The van der Waals surface area contributed by atoms with Gasteiger partial charge in [-0.1, -0.05) is 0 Å². The fourth-order valence-corrected chi connectivity index (χ4v) is 3.13. The molecule has 0 radical (unpaired) electrons. The zero-order valence-electron chi connectivity index (χ0n) is 12.7. The Labute approximate surface area is 119 Å². The van der Waals surface area contributed by atoms with Gasteiger partial charge in [0.05, 0.1) is 28.3 Å². The normalized spacial score (nSPS) is 32.1. The van der Waals surface area contributed by atoms with Crippen molar-refractivity contribution in [1.82, 2.24) is 0 Å². The maximum atomic E-state index is 10.4. The molecular weight excluding hydrogens is 258 g/mol. The van der Waals surface area contributed by atoms with Crippen LogP contribution in [-0.4, -0.2) is 61.3 Å². The number of rotatable bonds is 3. The maximum Gasteiger partial charge on any atom is 0.161 e. The second-order valence-electron chi connectivity index (χ2n) is 5.91. The second-order valence-corrected chi connectivity index (χ2v) is 5.91. The lowest BCUT2D eigenvalue weighted by Gasteiger charge is -2.36. The van der Waals surface area contributed by atoms with Crippen molar-refractivity contribution in [2.24, 2.45) is 0 Å². The third-order valence-electron chi connectivity index (χ3n) is 4.68. The number of likely N-dealkylation sites (tertiary alicyclic amines) is 1. The van der Waals surface area contributed by atoms with Crippen molar-refractivity contribution in [3.05, 3.63) is 23.8 Å². The molecule has 0 saturated carbocycles. The highest BCUT2D eigenvalue weighted by Gasteiger charge is 2.54. The van der Waals surface area contributed by atoms with Crippen molar-refractivity contribution in [2.75, 3.05) is 28.3 Å². The van der Waals surface area contributed by atoms with Crippen LogP contribution >= 0.6 is 0 Å². The number of aliphatic hydroxyl groups is 2. The largest absolute Gasteiger partial charge is 0.493 e. The molecular formula is C15H24NO4+. The summed E-state index contributed by atoms with van der Waals surface area (Å²) < 4.78 is 11.1. The molecule has 1 fully saturated rings. The van der Waals surface area contributed by atoms with Crippen LogP contribution in [0.25, 0.3) is 0 Å². The average Bonchev–Trinajstić information content (AvgIpc) is 2.58. The van der Waals surface area contributed by atoms with Crippen molar-refractivity contribution in [2.45, 2.75) is 31.2 Å². The molecule has 1 aliphatic heterocycles. The van der Waals surface area contributed by atoms with E-state index < -0.39 is 12.2 Å². The Kier molecular flexibility index (Phi) is 3.95. The van der Waals surface area contributed by atoms with Gasteiger partial charge in [0.2, 0.25) is 0 Å². The number of quaternary nitrogens is 1. The lowest BCUT2D eigenvalue weighted by Crippen LogP contribution is -2.46. The van der Waals surface area contributed by atoms with Crippen molar-refractivity contribution in [3.63, 3.8) is 0 Å². The summed E-state index contributed by atoms with van der Waals surface area (Å²) in [5.74, 6) is 1.29. The summed E-state index contributed by atoms with van der Waals surface area (Å²) in [7, 11) is 7.22. The first kappa shape index (κ1) is 15.1. The minimum absolute atomic E-state index is 0.0388. The molecule has 1 aromatic rings. The summed E-state index contributed by atoms with van der Waals surface area (Å²) in [4.78, 5) is 0. The SMILES string of the molecule is COc1ccc([C@H]2[C@@H](O)[C@H](O)[C@H](C)[N+]2(C)C)cc1OC. The molecule has 2 rings (SSSR count). The Morgan fingerprint density at radius 3 is 2.05 bits per heavy atom. The molecule has 0 unspecified atom stereocenters. The first-order valence-electron chi connectivity index (χ1n) is 6.76.